The van der Waals surface area contributed by atoms with Gasteiger partial charge in [0.15, 0.2) is 0 Å². The maximum Gasteiger partial charge on any atom is 0.116 e. The van der Waals surface area contributed by atoms with Gasteiger partial charge in [-0.1, -0.05) is 0 Å². The Morgan fingerprint density at radius 2 is 1.54 bits per heavy atom. The van der Waals surface area contributed by atoms with Gasteiger partial charge in [-0.05, 0) is 36.2 Å². The Morgan fingerprint density at radius 3 is 2.33 bits per heavy atom. The minimum absolute atomic E-state index is 0.953. The third-order valence-corrected chi connectivity index (χ3v) is 4.49. The summed E-state index contributed by atoms with van der Waals surface area (Å²) < 4.78 is 0. The molecule has 3 aromatic heterocycles. The molecular formula is C19H19N5. The van der Waals surface area contributed by atoms with E-state index >= 15 is 0 Å². The first kappa shape index (κ1) is 14.9. The first-order chi connectivity index (χ1) is 11.9. The average molecular weight is 317 g/mol. The summed E-state index contributed by atoms with van der Waals surface area (Å²) in [6.07, 6.45) is 11.0. The molecule has 0 radical (unpaired) electrons. The van der Waals surface area contributed by atoms with Crippen LogP contribution in [0.4, 0.5) is 0 Å². The van der Waals surface area contributed by atoms with Crippen molar-refractivity contribution in [2.75, 3.05) is 13.1 Å². The number of nitrogens with zero attached hydrogens (tertiary/aromatic N) is 5. The van der Waals surface area contributed by atoms with Crippen LogP contribution in [0.15, 0.2) is 55.4 Å². The summed E-state index contributed by atoms with van der Waals surface area (Å²) >= 11 is 0. The predicted molar refractivity (Wildman–Crippen MR) is 92.2 cm³/mol. The van der Waals surface area contributed by atoms with Gasteiger partial charge in [-0.3, -0.25) is 14.9 Å². The first-order valence-electron chi connectivity index (χ1n) is 8.24. The van der Waals surface area contributed by atoms with Crippen molar-refractivity contribution in [1.82, 2.24) is 24.8 Å². The lowest BCUT2D eigenvalue weighted by atomic mass is 10.0. The maximum atomic E-state index is 4.55. The Morgan fingerprint density at radius 1 is 0.833 bits per heavy atom. The van der Waals surface area contributed by atoms with E-state index in [0.717, 1.165) is 43.7 Å². The number of pyridine rings is 2. The normalized spacial score (nSPS) is 14.8. The van der Waals surface area contributed by atoms with Gasteiger partial charge >= 0.3 is 0 Å². The van der Waals surface area contributed by atoms with Crippen LogP contribution in [0.5, 0.6) is 0 Å². The van der Waals surface area contributed by atoms with Crippen LogP contribution < -0.4 is 0 Å². The molecule has 4 rings (SSSR count). The highest BCUT2D eigenvalue weighted by atomic mass is 15.1. The molecule has 0 aromatic carbocycles. The lowest BCUT2D eigenvalue weighted by Gasteiger charge is -2.19. The molecule has 0 saturated heterocycles. The average Bonchev–Trinajstić information content (AvgIpc) is 2.86. The second-order valence-electron chi connectivity index (χ2n) is 6.02. The lowest BCUT2D eigenvalue weighted by Crippen LogP contribution is -2.25. The van der Waals surface area contributed by atoms with Crippen LogP contribution >= 0.6 is 0 Å². The minimum atomic E-state index is 0.953. The highest BCUT2D eigenvalue weighted by Gasteiger charge is 2.19. The van der Waals surface area contributed by atoms with Crippen molar-refractivity contribution in [3.05, 3.63) is 72.2 Å². The largest absolute Gasteiger partial charge is 0.298 e. The molecule has 0 saturated carbocycles. The molecule has 0 atom stereocenters. The first-order valence-corrected chi connectivity index (χ1v) is 8.24. The Hall–Kier alpha value is -2.66. The van der Waals surface area contributed by atoms with Crippen LogP contribution in [-0.4, -0.2) is 37.9 Å². The summed E-state index contributed by atoms with van der Waals surface area (Å²) in [7, 11) is 0. The quantitative estimate of drug-likeness (QED) is 0.743. The molecular weight excluding hydrogens is 298 g/mol. The summed E-state index contributed by atoms with van der Waals surface area (Å²) in [5.41, 5.74) is 5.92. The van der Waals surface area contributed by atoms with Crippen LogP contribution in [0.3, 0.4) is 0 Å². The van der Waals surface area contributed by atoms with Crippen molar-refractivity contribution in [3.63, 3.8) is 0 Å². The number of aromatic nitrogens is 4. The molecule has 5 heteroatoms. The summed E-state index contributed by atoms with van der Waals surface area (Å²) in [4.78, 5) is 19.8. The van der Waals surface area contributed by atoms with Gasteiger partial charge in [0.2, 0.25) is 0 Å². The molecule has 0 N–H and O–H groups in total. The molecule has 1 aliphatic rings. The van der Waals surface area contributed by atoms with E-state index in [1.807, 2.05) is 36.9 Å². The van der Waals surface area contributed by atoms with Crippen molar-refractivity contribution < 1.29 is 0 Å². The maximum absolute atomic E-state index is 4.55. The van der Waals surface area contributed by atoms with E-state index in [9.17, 15) is 0 Å². The van der Waals surface area contributed by atoms with E-state index < -0.39 is 0 Å². The van der Waals surface area contributed by atoms with Crippen LogP contribution in [-0.2, 0) is 19.4 Å². The molecule has 0 fully saturated rings. The molecule has 0 spiro atoms. The third-order valence-electron chi connectivity index (χ3n) is 4.49. The molecule has 4 heterocycles. The fourth-order valence-electron chi connectivity index (χ4n) is 3.24. The molecule has 24 heavy (non-hydrogen) atoms. The van der Waals surface area contributed by atoms with E-state index in [1.165, 1.54) is 16.8 Å². The molecule has 0 amide bonds. The fourth-order valence-corrected chi connectivity index (χ4v) is 3.24. The van der Waals surface area contributed by atoms with Gasteiger partial charge in [-0.25, -0.2) is 9.97 Å². The third kappa shape index (κ3) is 3.16. The topological polar surface area (TPSA) is 54.8 Å². The fraction of sp³-hybridized carbons (Fsp3) is 0.263. The second kappa shape index (κ2) is 6.84. The summed E-state index contributed by atoms with van der Waals surface area (Å²) in [5.74, 6) is 0. The highest BCUT2D eigenvalue weighted by molar-refractivity contribution is 5.63. The van der Waals surface area contributed by atoms with E-state index in [-0.39, 0.29) is 0 Å². The summed E-state index contributed by atoms with van der Waals surface area (Å²) in [6.45, 7) is 2.98. The van der Waals surface area contributed by atoms with Crippen LogP contribution in [0.25, 0.3) is 11.3 Å². The smallest absolute Gasteiger partial charge is 0.116 e. The lowest BCUT2D eigenvalue weighted by molar-refractivity contribution is 0.279. The number of hydrogen-bond acceptors (Lipinski definition) is 5. The van der Waals surface area contributed by atoms with Crippen LogP contribution in [0.2, 0.25) is 0 Å². The van der Waals surface area contributed by atoms with Crippen molar-refractivity contribution >= 4 is 0 Å². The van der Waals surface area contributed by atoms with Crippen LogP contribution in [0, 0.1) is 0 Å². The summed E-state index contributed by atoms with van der Waals surface area (Å²) in [6, 6.07) is 8.20. The van der Waals surface area contributed by atoms with E-state index in [0.29, 0.717) is 0 Å². The molecule has 1 aliphatic heterocycles. The molecule has 5 nitrogen and oxygen atoms in total. The number of fused-ring (bicyclic) bond motifs is 1. The number of rotatable bonds is 3. The summed E-state index contributed by atoms with van der Waals surface area (Å²) in [5, 5.41) is 0. The van der Waals surface area contributed by atoms with E-state index in [4.69, 9.17) is 0 Å². The standard InChI is InChI=1S/C19H19N5/c1-7-20-8-2-15(1)13-24-11-5-17-18(6-12-24)22-14-23-19(17)16-3-9-21-10-4-16/h1-4,7-10,14H,5-6,11-13H2. The van der Waals surface area contributed by atoms with Gasteiger partial charge < -0.3 is 0 Å². The molecule has 0 unspecified atom stereocenters. The van der Waals surface area contributed by atoms with Crippen molar-refractivity contribution in [1.29, 1.82) is 0 Å². The molecule has 3 aromatic rings. The molecule has 0 bridgehead atoms. The van der Waals surface area contributed by atoms with Crippen LogP contribution in [0.1, 0.15) is 16.8 Å². The van der Waals surface area contributed by atoms with E-state index in [1.54, 1.807) is 6.33 Å². The zero-order chi connectivity index (χ0) is 16.2. The zero-order valence-corrected chi connectivity index (χ0v) is 13.5. The predicted octanol–water partition coefficient (Wildman–Crippen LogP) is 2.53. The Balaban J connectivity index is 1.57. The van der Waals surface area contributed by atoms with Gasteiger partial charge in [0.25, 0.3) is 0 Å². The van der Waals surface area contributed by atoms with Crippen molar-refractivity contribution in [2.45, 2.75) is 19.4 Å². The monoisotopic (exact) mass is 317 g/mol. The van der Waals surface area contributed by atoms with E-state index in [2.05, 4.69) is 37.0 Å². The Bertz CT molecular complexity index is 805. The van der Waals surface area contributed by atoms with Gasteiger partial charge in [0.05, 0.1) is 5.69 Å². The van der Waals surface area contributed by atoms with Crippen molar-refractivity contribution in [3.8, 4) is 11.3 Å². The van der Waals surface area contributed by atoms with Gasteiger partial charge in [0.1, 0.15) is 6.33 Å². The minimum Gasteiger partial charge on any atom is -0.298 e. The Labute approximate surface area is 141 Å². The molecule has 120 valence electrons. The number of hydrogen-bond donors (Lipinski definition) is 0. The second-order valence-corrected chi connectivity index (χ2v) is 6.02. The van der Waals surface area contributed by atoms with Gasteiger partial charge in [-0.2, -0.15) is 0 Å². The van der Waals surface area contributed by atoms with Crippen molar-refractivity contribution in [2.24, 2.45) is 0 Å². The van der Waals surface area contributed by atoms with Gasteiger partial charge in [0, 0.05) is 67.7 Å². The SMILES string of the molecule is c1cc(CN2CCc3ncnc(-c4ccncc4)c3CC2)ccn1. The van der Waals surface area contributed by atoms with Gasteiger partial charge in [-0.15, -0.1) is 0 Å². The Kier molecular flexibility index (Phi) is 4.25. The molecule has 0 aliphatic carbocycles. The zero-order valence-electron chi connectivity index (χ0n) is 13.5. The highest BCUT2D eigenvalue weighted by Crippen LogP contribution is 2.25.